The molecule has 0 aromatic rings. The molecule has 0 bridgehead atoms. The maximum atomic E-state index is 8.47. The van der Waals surface area contributed by atoms with Gasteiger partial charge in [-0.15, -0.1) is 12.4 Å². The fourth-order valence-electron chi connectivity index (χ4n) is 0.165. The fourth-order valence-corrected chi connectivity index (χ4v) is 1.33. The molecule has 1 aliphatic rings. The van der Waals surface area contributed by atoms with E-state index >= 15 is 0 Å². The lowest BCUT2D eigenvalue weighted by molar-refractivity contribution is 0.458. The molecule has 0 aliphatic carbocycles. The van der Waals surface area contributed by atoms with Gasteiger partial charge >= 0.3 is 0 Å². The topological polar surface area (TPSA) is 32.3 Å². The highest BCUT2D eigenvalue weighted by Gasteiger charge is 1.98. The first-order chi connectivity index (χ1) is 2.89. The molecule has 42 valence electrons. The zero-order chi connectivity index (χ0) is 4.41. The highest BCUT2D eigenvalue weighted by atomic mass is 35.5. The van der Waals surface area contributed by atoms with Gasteiger partial charge in [-0.2, -0.15) is 4.13 Å². The number of halogens is 1. The second-order valence-corrected chi connectivity index (χ2v) is 2.52. The molecule has 0 aromatic carbocycles. The molecule has 7 heavy (non-hydrogen) atoms. The summed E-state index contributed by atoms with van der Waals surface area (Å²) in [5.41, 5.74) is 0. The SMILES string of the molecule is Cl.OC1=CSNS1. The van der Waals surface area contributed by atoms with Crippen LogP contribution in [-0.4, -0.2) is 5.11 Å². The minimum atomic E-state index is 0. The molecule has 2 nitrogen and oxygen atoms in total. The van der Waals surface area contributed by atoms with E-state index < -0.39 is 0 Å². The van der Waals surface area contributed by atoms with Crippen molar-refractivity contribution in [2.45, 2.75) is 0 Å². The molecule has 0 radical (unpaired) electrons. The zero-order valence-corrected chi connectivity index (χ0v) is 5.70. The van der Waals surface area contributed by atoms with Crippen molar-refractivity contribution >= 4 is 36.3 Å². The minimum absolute atomic E-state index is 0. The molecule has 2 N–H and O–H groups in total. The van der Waals surface area contributed by atoms with Gasteiger partial charge in [0.25, 0.3) is 0 Å². The van der Waals surface area contributed by atoms with Crippen LogP contribution in [0.1, 0.15) is 0 Å². The summed E-state index contributed by atoms with van der Waals surface area (Å²) >= 11 is 2.61. The van der Waals surface area contributed by atoms with Crippen LogP contribution >= 0.6 is 36.3 Å². The molecule has 0 spiro atoms. The quantitative estimate of drug-likeness (QED) is 0.524. The van der Waals surface area contributed by atoms with Gasteiger partial charge in [-0.3, -0.25) is 0 Å². The Labute approximate surface area is 56.4 Å². The zero-order valence-electron chi connectivity index (χ0n) is 3.25. The first-order valence-electron chi connectivity index (χ1n) is 1.36. The standard InChI is InChI=1S/C2H3NOS2.ClH/c4-2-1-5-3-6-2;/h1,3-4H;1H. The van der Waals surface area contributed by atoms with Gasteiger partial charge in [0.05, 0.1) is 0 Å². The van der Waals surface area contributed by atoms with Crippen LogP contribution in [0.15, 0.2) is 10.5 Å². The van der Waals surface area contributed by atoms with Crippen molar-refractivity contribution in [2.75, 3.05) is 0 Å². The largest absolute Gasteiger partial charge is 0.501 e. The lowest BCUT2D eigenvalue weighted by Gasteiger charge is -1.80. The van der Waals surface area contributed by atoms with Crippen molar-refractivity contribution in [3.05, 3.63) is 10.5 Å². The van der Waals surface area contributed by atoms with Gasteiger partial charge in [-0.1, -0.05) is 0 Å². The molecule has 0 saturated heterocycles. The van der Waals surface area contributed by atoms with Crippen LogP contribution in [0.4, 0.5) is 0 Å². The van der Waals surface area contributed by atoms with E-state index in [2.05, 4.69) is 4.13 Å². The molecule has 1 heterocycles. The summed E-state index contributed by atoms with van der Waals surface area (Å²) in [7, 11) is 0. The Morgan fingerprint density at radius 3 is 2.57 bits per heavy atom. The number of nitrogens with one attached hydrogen (secondary N) is 1. The van der Waals surface area contributed by atoms with Gasteiger partial charge in [0.15, 0.2) is 5.09 Å². The molecular formula is C2H4ClNOS2. The maximum absolute atomic E-state index is 8.47. The summed E-state index contributed by atoms with van der Waals surface area (Å²) in [6.45, 7) is 0. The molecule has 5 heteroatoms. The third kappa shape index (κ3) is 2.33. The van der Waals surface area contributed by atoms with E-state index in [4.69, 9.17) is 5.11 Å². The summed E-state index contributed by atoms with van der Waals surface area (Å²) in [5, 5.41) is 10.5. The lowest BCUT2D eigenvalue weighted by Crippen LogP contribution is -1.76. The van der Waals surface area contributed by atoms with Gasteiger partial charge in [0.1, 0.15) is 0 Å². The summed E-state index contributed by atoms with van der Waals surface area (Å²) in [5.74, 6) is 0. The highest BCUT2D eigenvalue weighted by Crippen LogP contribution is 2.22. The molecular weight excluding hydrogens is 154 g/mol. The Bertz CT molecular complexity index is 85.8. The highest BCUT2D eigenvalue weighted by molar-refractivity contribution is 8.18. The second-order valence-electron chi connectivity index (χ2n) is 0.759. The molecule has 0 atom stereocenters. The molecule has 1 rings (SSSR count). The van der Waals surface area contributed by atoms with Crippen molar-refractivity contribution in [1.82, 2.24) is 4.13 Å². The Hall–Kier alpha value is 0.490. The number of aliphatic hydroxyl groups excluding tert-OH is 1. The average Bonchev–Trinajstić information content (AvgIpc) is 1.86. The first-order valence-corrected chi connectivity index (χ1v) is 3.06. The van der Waals surface area contributed by atoms with Crippen molar-refractivity contribution in [3.8, 4) is 0 Å². The molecule has 0 aromatic heterocycles. The number of hydrogen-bond acceptors (Lipinski definition) is 4. The van der Waals surface area contributed by atoms with Crippen LogP contribution in [0.5, 0.6) is 0 Å². The van der Waals surface area contributed by atoms with Crippen molar-refractivity contribution in [1.29, 1.82) is 0 Å². The van der Waals surface area contributed by atoms with Gasteiger partial charge in [0.2, 0.25) is 0 Å². The molecule has 0 amide bonds. The van der Waals surface area contributed by atoms with E-state index in [0.29, 0.717) is 5.09 Å². The first kappa shape index (κ1) is 7.49. The Kier molecular flexibility index (Phi) is 3.73. The Balaban J connectivity index is 0.000000360. The predicted octanol–water partition coefficient (Wildman–Crippen LogP) is 1.66. The number of rotatable bonds is 0. The predicted molar refractivity (Wildman–Crippen MR) is 36.3 cm³/mol. The summed E-state index contributed by atoms with van der Waals surface area (Å²) in [6.07, 6.45) is 0. The van der Waals surface area contributed by atoms with Crippen LogP contribution in [0.25, 0.3) is 0 Å². The monoisotopic (exact) mass is 157 g/mol. The summed E-state index contributed by atoms with van der Waals surface area (Å²) in [6, 6.07) is 0. The summed E-state index contributed by atoms with van der Waals surface area (Å²) < 4.78 is 2.76. The smallest absolute Gasteiger partial charge is 0.173 e. The van der Waals surface area contributed by atoms with E-state index in [-0.39, 0.29) is 12.4 Å². The van der Waals surface area contributed by atoms with Gasteiger partial charge < -0.3 is 5.11 Å². The average molecular weight is 158 g/mol. The Morgan fingerprint density at radius 2 is 2.43 bits per heavy atom. The van der Waals surface area contributed by atoms with E-state index in [9.17, 15) is 0 Å². The van der Waals surface area contributed by atoms with Gasteiger partial charge in [-0.05, 0) is 11.9 Å². The normalized spacial score (nSPS) is 18.0. The van der Waals surface area contributed by atoms with E-state index in [1.54, 1.807) is 5.41 Å². The number of hydrogen-bond donors (Lipinski definition) is 2. The molecule has 0 fully saturated rings. The van der Waals surface area contributed by atoms with Crippen LogP contribution in [0.2, 0.25) is 0 Å². The van der Waals surface area contributed by atoms with Crippen molar-refractivity contribution in [3.63, 3.8) is 0 Å². The van der Waals surface area contributed by atoms with E-state index in [1.165, 1.54) is 23.9 Å². The fraction of sp³-hybridized carbons (Fsp3) is 0. The van der Waals surface area contributed by atoms with Gasteiger partial charge in [0, 0.05) is 17.4 Å². The lowest BCUT2D eigenvalue weighted by atomic mass is 11.1. The minimum Gasteiger partial charge on any atom is -0.501 e. The number of aliphatic hydroxyl groups is 1. The second kappa shape index (κ2) is 3.49. The van der Waals surface area contributed by atoms with E-state index in [1.807, 2.05) is 0 Å². The maximum Gasteiger partial charge on any atom is 0.173 e. The van der Waals surface area contributed by atoms with E-state index in [0.717, 1.165) is 0 Å². The van der Waals surface area contributed by atoms with Crippen LogP contribution in [0.3, 0.4) is 0 Å². The summed E-state index contributed by atoms with van der Waals surface area (Å²) in [4.78, 5) is 0. The van der Waals surface area contributed by atoms with Crippen LogP contribution in [0, 0.1) is 0 Å². The molecule has 1 aliphatic heterocycles. The Morgan fingerprint density at radius 1 is 1.71 bits per heavy atom. The van der Waals surface area contributed by atoms with Crippen molar-refractivity contribution < 1.29 is 5.11 Å². The molecule has 0 unspecified atom stereocenters. The third-order valence-corrected chi connectivity index (χ3v) is 1.89. The third-order valence-electron chi connectivity index (χ3n) is 0.354. The van der Waals surface area contributed by atoms with Crippen molar-refractivity contribution in [2.24, 2.45) is 0 Å². The van der Waals surface area contributed by atoms with Crippen LogP contribution in [-0.2, 0) is 0 Å². The van der Waals surface area contributed by atoms with Gasteiger partial charge in [-0.25, -0.2) is 0 Å². The molecule has 0 saturated carbocycles. The van der Waals surface area contributed by atoms with Crippen LogP contribution < -0.4 is 4.13 Å².